The number of nitrogens with zero attached hydrogens (tertiary/aromatic N) is 24. The van der Waals surface area contributed by atoms with E-state index in [1.54, 1.807) is 0 Å². The topological polar surface area (TPSA) is 393 Å². The molecule has 18 saturated heterocycles. The first kappa shape index (κ1) is 77.5. The van der Waals surface area contributed by atoms with Gasteiger partial charge in [0.1, 0.15) is 80.0 Å². The highest BCUT2D eigenvalue weighted by molar-refractivity contribution is 5.98. The minimum atomic E-state index is -2.98. The molecule has 48 heteroatoms. The van der Waals surface area contributed by atoms with Gasteiger partial charge >= 0.3 is 143 Å². The van der Waals surface area contributed by atoms with E-state index in [4.69, 9.17) is 56.8 Å². The van der Waals surface area contributed by atoms with Gasteiger partial charge in [-0.3, -0.25) is 118 Å². The molecule has 18 aliphatic rings. The van der Waals surface area contributed by atoms with E-state index in [-0.39, 0.29) is 0 Å². The summed E-state index contributed by atoms with van der Waals surface area (Å²) in [6.07, 6.45) is 14.9. The summed E-state index contributed by atoms with van der Waals surface area (Å²) in [4.78, 5) is 232. The SMILES string of the molecule is C=CCOC12N3CN4C(=O)N5CN6C(=O)N7CN8C(=O)N9CN%10C(=O)N%11CN%12C(=O)N%13CN(C3=O)C1(OCC=C)N1CN3C(=O)N(CN%14C(=O)N(CN%15C(=O)N(CN%16C(=O)N(CN%17C(=O)N(CN2C1=O)C4(OCC=C)C5%17OCC=C)C6(OCC=C)C7%16OCC=C)C8(OCC=C)C9%15OCC=C)C%10(OCC=C)C%11%14OCC=C)C%12(OCC=C)C%133OCC=C. The number of amides is 24. The van der Waals surface area contributed by atoms with Gasteiger partial charge in [0.2, 0.25) is 0 Å². The van der Waals surface area contributed by atoms with Crippen LogP contribution in [0, 0.1) is 0 Å². The fourth-order valence-corrected chi connectivity index (χ4v) is 21.4. The van der Waals surface area contributed by atoms with Gasteiger partial charge < -0.3 is 56.8 Å². The molecule has 0 radical (unpaired) electrons. The van der Waals surface area contributed by atoms with Crippen LogP contribution in [-0.4, -0.2) is 419 Å². The molecule has 48 nitrogen and oxygen atoms in total. The van der Waals surface area contributed by atoms with Crippen LogP contribution >= 0.6 is 0 Å². The highest BCUT2D eigenvalue weighted by Crippen LogP contribution is 2.69. The summed E-state index contributed by atoms with van der Waals surface area (Å²) in [7, 11) is 0. The Hall–Kier alpha value is -12.4. The molecule has 18 heterocycles. The molecule has 0 aliphatic carbocycles. The maximum Gasteiger partial charge on any atom is 0.330 e. The first-order chi connectivity index (χ1) is 57.9. The van der Waals surface area contributed by atoms with Crippen LogP contribution < -0.4 is 0 Å². The summed E-state index contributed by atoms with van der Waals surface area (Å²) < 4.78 is 85.1. The summed E-state index contributed by atoms with van der Waals surface area (Å²) in [5.74, 6) is -35.7. The smallest absolute Gasteiger partial charge is 0.328 e. The highest BCUT2D eigenvalue weighted by atomic mass is 16.7. The lowest BCUT2D eigenvalue weighted by atomic mass is 10.1. The quantitative estimate of drug-likeness (QED) is 0.0779. The minimum absolute atomic E-state index is 0.651. The number of urea groups is 12. The molecule has 0 unspecified atom stereocenters. The molecule has 24 amide bonds. The van der Waals surface area contributed by atoms with Crippen molar-refractivity contribution in [1.82, 2.24) is 118 Å². The number of ether oxygens (including phenoxy) is 12. The molecular weight excluding hydrogens is 1580 g/mol. The van der Waals surface area contributed by atoms with Gasteiger partial charge in [-0.05, 0) is 0 Å². The van der Waals surface area contributed by atoms with Crippen molar-refractivity contribution >= 4 is 72.4 Å². The van der Waals surface area contributed by atoms with Gasteiger partial charge in [0, 0.05) is 0 Å². The molecule has 636 valence electrons. The maximum absolute atomic E-state index is 17.5. The fraction of sp³-hybridized carbons (Fsp3) is 0.500. The second-order valence-electron chi connectivity index (χ2n) is 29.9. The standard InChI is InChI=1S/C72H84N24O24/c1-13-25-109-61-62(110-26-14-2)75-39-79-53(101)83-43-87-57(105)91-47-95-59(107)93-45-89-55(103)85-41-81-51(99)77(37-73(61)49(75)97)63(111-27-15-3)64(81,112-28-16-4)82-42-86-56(104)90(68(89,116-32-20-8)67(85,86)115-31-19-7)46-94-60(108)96(72(95,120-36-24-12)71(93,94)119-35-23-11)48-92-58(106)88(69(87,117-33-21-9)70(91,92)118-34-22-10)44-84-54(102)80(40-76(62)50(98)74(61)38-78(63)52(82)100)65(79,113-29-17-5)66(83,84)114-30-18-6/h13-24H,1-12,25-48H2. The van der Waals surface area contributed by atoms with E-state index in [1.165, 1.54) is 72.9 Å². The number of carbonyl (C=O) groups is 12. The van der Waals surface area contributed by atoms with Gasteiger partial charge in [-0.25, -0.2) is 57.5 Å². The normalized spacial score (nSPS) is 36.0. The lowest BCUT2D eigenvalue weighted by Gasteiger charge is -2.55. The van der Waals surface area contributed by atoms with E-state index in [0.717, 1.165) is 118 Å². The van der Waals surface area contributed by atoms with Crippen LogP contribution in [0.5, 0.6) is 0 Å². The zero-order valence-corrected chi connectivity index (χ0v) is 64.9. The number of rotatable bonds is 36. The van der Waals surface area contributed by atoms with Crippen molar-refractivity contribution in [2.24, 2.45) is 0 Å². The van der Waals surface area contributed by atoms with Crippen LogP contribution in [0.3, 0.4) is 0 Å². The van der Waals surface area contributed by atoms with E-state index in [0.29, 0.717) is 0 Å². The van der Waals surface area contributed by atoms with Crippen molar-refractivity contribution in [3.63, 3.8) is 0 Å². The van der Waals surface area contributed by atoms with Crippen molar-refractivity contribution in [2.75, 3.05) is 159 Å². The first-order valence-electron chi connectivity index (χ1n) is 38.0. The van der Waals surface area contributed by atoms with Gasteiger partial charge in [-0.2, -0.15) is 0 Å². The summed E-state index contributed by atoms with van der Waals surface area (Å²) in [5, 5.41) is 0. The van der Waals surface area contributed by atoms with E-state index in [1.807, 2.05) is 0 Å². The summed E-state index contributed by atoms with van der Waals surface area (Å²) in [5.41, 5.74) is 0. The molecule has 0 aromatic heterocycles. The van der Waals surface area contributed by atoms with Gasteiger partial charge in [0.15, 0.2) is 0 Å². The van der Waals surface area contributed by atoms with Crippen molar-refractivity contribution in [3.8, 4) is 0 Å². The molecule has 18 aliphatic heterocycles. The molecular formula is C72H84N24O24. The Kier molecular flexibility index (Phi) is 16.5. The van der Waals surface area contributed by atoms with Crippen LogP contribution in [0.2, 0.25) is 0 Å². The molecule has 0 saturated carbocycles. The van der Waals surface area contributed by atoms with Crippen molar-refractivity contribution in [1.29, 1.82) is 0 Å². The Morgan fingerprint density at radius 3 is 0.258 bits per heavy atom. The monoisotopic (exact) mass is 1670 g/mol. The Morgan fingerprint density at radius 1 is 0.150 bits per heavy atom. The summed E-state index contributed by atoms with van der Waals surface area (Å²) >= 11 is 0. The first-order valence-corrected chi connectivity index (χ1v) is 38.0. The molecule has 0 N–H and O–H groups in total. The Bertz CT molecular complexity index is 3600. The van der Waals surface area contributed by atoms with E-state index in [2.05, 4.69) is 78.9 Å². The third-order valence-corrected chi connectivity index (χ3v) is 25.1. The predicted molar refractivity (Wildman–Crippen MR) is 394 cm³/mol. The van der Waals surface area contributed by atoms with E-state index >= 15 is 57.5 Å². The van der Waals surface area contributed by atoms with Crippen molar-refractivity contribution in [2.45, 2.75) is 70.2 Å². The van der Waals surface area contributed by atoms with Gasteiger partial charge in [-0.15, -0.1) is 78.9 Å². The average molecular weight is 1670 g/mol. The largest absolute Gasteiger partial charge is 0.330 e. The second kappa shape index (κ2) is 25.6. The number of hydrogen-bond donors (Lipinski definition) is 0. The zero-order valence-electron chi connectivity index (χ0n) is 64.9. The molecule has 0 atom stereocenters. The summed E-state index contributed by atoms with van der Waals surface area (Å²) in [6, 6.07) is -15.4. The van der Waals surface area contributed by atoms with Gasteiger partial charge in [-0.1, -0.05) is 72.9 Å². The fourth-order valence-electron chi connectivity index (χ4n) is 21.4. The molecule has 0 bridgehead atoms. The molecule has 0 spiro atoms. The molecule has 0 aromatic rings. The maximum atomic E-state index is 17.5. The number of carbonyl (C=O) groups excluding carboxylic acids is 12. The van der Waals surface area contributed by atoms with Gasteiger partial charge in [0.25, 0.3) is 0 Å². The van der Waals surface area contributed by atoms with Crippen LogP contribution in [0.15, 0.2) is 152 Å². The minimum Gasteiger partial charge on any atom is -0.328 e. The molecule has 0 aromatic carbocycles. The van der Waals surface area contributed by atoms with E-state index in [9.17, 15) is 0 Å². The predicted octanol–water partition coefficient (Wildman–Crippen LogP) is 0.700. The Morgan fingerprint density at radius 2 is 0.208 bits per heavy atom. The zero-order chi connectivity index (χ0) is 84.7. The third kappa shape index (κ3) is 7.62. The van der Waals surface area contributed by atoms with Crippen LogP contribution in [0.4, 0.5) is 57.5 Å². The third-order valence-electron chi connectivity index (χ3n) is 25.1. The molecule has 18 rings (SSSR count). The Balaban J connectivity index is 0.969. The van der Waals surface area contributed by atoms with Crippen LogP contribution in [-0.2, 0) is 56.8 Å². The average Bonchev–Trinajstić information content (AvgIpc) is 1.45. The van der Waals surface area contributed by atoms with E-state index < -0.39 is 302 Å². The lowest BCUT2D eigenvalue weighted by molar-refractivity contribution is -0.396. The second-order valence-corrected chi connectivity index (χ2v) is 29.9. The highest BCUT2D eigenvalue weighted by Gasteiger charge is 2.97. The van der Waals surface area contributed by atoms with Gasteiger partial charge in [0.05, 0.1) is 79.3 Å². The summed E-state index contributed by atoms with van der Waals surface area (Å²) in [6.45, 7) is 24.5. The molecule has 18 fully saturated rings. The lowest BCUT2D eigenvalue weighted by Crippen LogP contribution is -2.80. The Labute approximate surface area is 683 Å². The van der Waals surface area contributed by atoms with Crippen molar-refractivity contribution < 1.29 is 114 Å². The number of hydrogen-bond acceptors (Lipinski definition) is 24. The van der Waals surface area contributed by atoms with Crippen molar-refractivity contribution in [3.05, 3.63) is 152 Å². The molecule has 120 heavy (non-hydrogen) atoms. The van der Waals surface area contributed by atoms with Crippen LogP contribution in [0.25, 0.3) is 0 Å². The van der Waals surface area contributed by atoms with Crippen LogP contribution in [0.1, 0.15) is 0 Å².